The summed E-state index contributed by atoms with van der Waals surface area (Å²) in [5.74, 6) is 1.16. The van der Waals surface area contributed by atoms with Gasteiger partial charge in [0.25, 0.3) is 5.56 Å². The first-order valence-electron chi connectivity index (χ1n) is 9.50. The molecule has 31 heavy (non-hydrogen) atoms. The highest BCUT2D eigenvalue weighted by Crippen LogP contribution is 2.36. The summed E-state index contributed by atoms with van der Waals surface area (Å²) in [6.45, 7) is 0.173. The normalized spacial score (nSPS) is 16.7. The number of rotatable bonds is 4. The Morgan fingerprint density at radius 3 is 2.81 bits per heavy atom. The number of ether oxygens (including phenoxy) is 3. The lowest BCUT2D eigenvalue weighted by Gasteiger charge is -2.14. The second-order valence-corrected chi connectivity index (χ2v) is 7.02. The quantitative estimate of drug-likeness (QED) is 0.580. The molecule has 3 heterocycles. The fourth-order valence-electron chi connectivity index (χ4n) is 3.74. The number of aromatic nitrogens is 2. The summed E-state index contributed by atoms with van der Waals surface area (Å²) in [5, 5.41) is 15.2. The van der Waals surface area contributed by atoms with E-state index >= 15 is 0 Å². The molecule has 3 N–H and O–H groups in total. The van der Waals surface area contributed by atoms with Crippen molar-refractivity contribution in [2.75, 3.05) is 13.9 Å². The summed E-state index contributed by atoms with van der Waals surface area (Å²) in [6.07, 6.45) is 0.320. The van der Waals surface area contributed by atoms with Crippen LogP contribution in [0.3, 0.4) is 0 Å². The van der Waals surface area contributed by atoms with Gasteiger partial charge in [-0.2, -0.15) is 5.10 Å². The van der Waals surface area contributed by atoms with Crippen molar-refractivity contribution in [1.82, 2.24) is 15.0 Å². The maximum absolute atomic E-state index is 12.6. The van der Waals surface area contributed by atoms with Gasteiger partial charge in [0.1, 0.15) is 11.3 Å². The predicted octanol–water partition coefficient (Wildman–Crippen LogP) is 1.41. The molecule has 0 amide bonds. The molecule has 0 saturated carbocycles. The fraction of sp³-hybridized carbons (Fsp3) is 0.190. The molecule has 5 rings (SSSR count). The Morgan fingerprint density at radius 2 is 1.97 bits per heavy atom. The number of para-hydroxylation sites is 2. The lowest BCUT2D eigenvalue weighted by Crippen LogP contribution is -2.33. The molecule has 3 aromatic rings. The molecule has 0 fully saturated rings. The first kappa shape index (κ1) is 18.8. The van der Waals surface area contributed by atoms with Crippen LogP contribution in [0.4, 0.5) is 0 Å². The van der Waals surface area contributed by atoms with Gasteiger partial charge in [-0.25, -0.2) is 9.36 Å². The van der Waals surface area contributed by atoms with Gasteiger partial charge in [0.15, 0.2) is 11.5 Å². The van der Waals surface area contributed by atoms with E-state index in [2.05, 4.69) is 15.5 Å². The zero-order chi connectivity index (χ0) is 21.5. The molecule has 0 aliphatic carbocycles. The highest BCUT2D eigenvalue weighted by Gasteiger charge is 2.29. The van der Waals surface area contributed by atoms with E-state index in [-0.39, 0.29) is 18.4 Å². The molecule has 2 aromatic carbocycles. The summed E-state index contributed by atoms with van der Waals surface area (Å²) < 4.78 is 17.0. The lowest BCUT2D eigenvalue weighted by atomic mass is 9.99. The van der Waals surface area contributed by atoms with E-state index in [1.807, 2.05) is 18.2 Å². The van der Waals surface area contributed by atoms with E-state index in [1.54, 1.807) is 24.3 Å². The van der Waals surface area contributed by atoms with Gasteiger partial charge in [-0.05, 0) is 29.8 Å². The summed E-state index contributed by atoms with van der Waals surface area (Å²) in [6, 6.07) is 12.0. The molecule has 1 atom stereocenters. The van der Waals surface area contributed by atoms with Crippen LogP contribution in [0.15, 0.2) is 57.2 Å². The Labute approximate surface area is 175 Å². The third kappa shape index (κ3) is 3.08. The molecule has 1 aromatic heterocycles. The Kier molecular flexibility index (Phi) is 4.39. The van der Waals surface area contributed by atoms with Crippen molar-refractivity contribution in [2.24, 2.45) is 5.10 Å². The van der Waals surface area contributed by atoms with E-state index in [0.717, 1.165) is 10.1 Å². The minimum atomic E-state index is -0.783. The number of benzene rings is 2. The van der Waals surface area contributed by atoms with Crippen LogP contribution in [-0.4, -0.2) is 34.3 Å². The highest BCUT2D eigenvalue weighted by molar-refractivity contribution is 6.03. The first-order chi connectivity index (χ1) is 15.1. The largest absolute Gasteiger partial charge is 0.495 e. The van der Waals surface area contributed by atoms with Crippen molar-refractivity contribution in [3.63, 3.8) is 0 Å². The zero-order valence-corrected chi connectivity index (χ0v) is 16.4. The third-order valence-electron chi connectivity index (χ3n) is 5.25. The van der Waals surface area contributed by atoms with Crippen LogP contribution in [-0.2, 0) is 0 Å². The van der Waals surface area contributed by atoms with Crippen LogP contribution < -0.4 is 30.9 Å². The molecule has 2 aliphatic rings. The van der Waals surface area contributed by atoms with Crippen LogP contribution >= 0.6 is 0 Å². The van der Waals surface area contributed by atoms with Gasteiger partial charge >= 0.3 is 5.69 Å². The standard InChI is InChI=1S/C21H18N4O6/c1-29-15-5-3-2-4-14(15)25-20(27)18(19(26)22-21(25)28)13-9-12(23-24-13)11-6-7-16-17(8-11)31-10-30-16/h2-8,12,23,27H,9-10H2,1H3,(H,22,26,28). The van der Waals surface area contributed by atoms with Crippen molar-refractivity contribution < 1.29 is 19.3 Å². The smallest absolute Gasteiger partial charge is 0.335 e. The predicted molar refractivity (Wildman–Crippen MR) is 110 cm³/mol. The molecule has 2 aliphatic heterocycles. The molecule has 10 nitrogen and oxygen atoms in total. The van der Waals surface area contributed by atoms with Gasteiger partial charge in [0.2, 0.25) is 12.7 Å². The van der Waals surface area contributed by atoms with Gasteiger partial charge in [0.05, 0.1) is 24.6 Å². The Bertz CT molecular complexity index is 1330. The van der Waals surface area contributed by atoms with Gasteiger partial charge in [-0.15, -0.1) is 0 Å². The molecule has 0 spiro atoms. The second-order valence-electron chi connectivity index (χ2n) is 7.02. The average Bonchev–Trinajstić information content (AvgIpc) is 3.43. The number of aromatic amines is 1. The lowest BCUT2D eigenvalue weighted by molar-refractivity contribution is 0.174. The van der Waals surface area contributed by atoms with Gasteiger partial charge < -0.3 is 24.7 Å². The zero-order valence-electron chi connectivity index (χ0n) is 16.4. The van der Waals surface area contributed by atoms with Crippen LogP contribution in [0.1, 0.15) is 23.6 Å². The van der Waals surface area contributed by atoms with E-state index in [0.29, 0.717) is 35.1 Å². The number of fused-ring (bicyclic) bond motifs is 1. The van der Waals surface area contributed by atoms with E-state index < -0.39 is 17.1 Å². The molecular formula is C21H18N4O6. The van der Waals surface area contributed by atoms with E-state index in [4.69, 9.17) is 14.2 Å². The SMILES string of the molecule is COc1ccccc1-n1c(O)c(C2=NNC(c3ccc4c(c3)OCO4)C2)c(=O)[nH]c1=O. The summed E-state index contributed by atoms with van der Waals surface area (Å²) in [4.78, 5) is 27.3. The second kappa shape index (κ2) is 7.24. The maximum atomic E-state index is 12.6. The molecule has 10 heteroatoms. The van der Waals surface area contributed by atoms with Crippen molar-refractivity contribution in [2.45, 2.75) is 12.5 Å². The van der Waals surface area contributed by atoms with Gasteiger partial charge in [-0.1, -0.05) is 18.2 Å². The number of H-pyrrole nitrogens is 1. The van der Waals surface area contributed by atoms with E-state index in [9.17, 15) is 14.7 Å². The van der Waals surface area contributed by atoms with Crippen molar-refractivity contribution in [3.8, 4) is 28.8 Å². The van der Waals surface area contributed by atoms with Crippen LogP contribution in [0.2, 0.25) is 0 Å². The highest BCUT2D eigenvalue weighted by atomic mass is 16.7. The number of hydrogen-bond donors (Lipinski definition) is 3. The molecule has 0 saturated heterocycles. The van der Waals surface area contributed by atoms with Crippen LogP contribution in [0, 0.1) is 0 Å². The van der Waals surface area contributed by atoms with Crippen molar-refractivity contribution in [3.05, 3.63) is 74.4 Å². The van der Waals surface area contributed by atoms with Crippen molar-refractivity contribution in [1.29, 1.82) is 0 Å². The summed E-state index contributed by atoms with van der Waals surface area (Å²) >= 11 is 0. The summed E-state index contributed by atoms with van der Waals surface area (Å²) in [7, 11) is 1.45. The topological polar surface area (TPSA) is 127 Å². The van der Waals surface area contributed by atoms with E-state index in [1.165, 1.54) is 7.11 Å². The molecule has 0 bridgehead atoms. The molecule has 1 unspecified atom stereocenters. The number of nitrogens with zero attached hydrogens (tertiary/aromatic N) is 2. The van der Waals surface area contributed by atoms with Crippen LogP contribution in [0.25, 0.3) is 5.69 Å². The number of nitrogens with one attached hydrogen (secondary N) is 2. The Morgan fingerprint density at radius 1 is 1.16 bits per heavy atom. The number of hydrogen-bond acceptors (Lipinski definition) is 8. The van der Waals surface area contributed by atoms with Crippen LogP contribution in [0.5, 0.6) is 23.1 Å². The maximum Gasteiger partial charge on any atom is 0.335 e. The minimum Gasteiger partial charge on any atom is -0.495 e. The fourth-order valence-corrected chi connectivity index (χ4v) is 3.74. The molecular weight excluding hydrogens is 404 g/mol. The molecule has 158 valence electrons. The van der Waals surface area contributed by atoms with Gasteiger partial charge in [-0.3, -0.25) is 9.78 Å². The third-order valence-corrected chi connectivity index (χ3v) is 5.25. The Balaban J connectivity index is 1.53. The number of methoxy groups -OCH3 is 1. The number of aromatic hydroxyl groups is 1. The number of hydrazone groups is 1. The Hall–Kier alpha value is -4.21. The minimum absolute atomic E-state index is 0.0822. The summed E-state index contributed by atoms with van der Waals surface area (Å²) in [5.41, 5.74) is 2.90. The average molecular weight is 422 g/mol. The monoisotopic (exact) mass is 422 g/mol. The molecule has 0 radical (unpaired) electrons. The first-order valence-corrected chi connectivity index (χ1v) is 9.50. The van der Waals surface area contributed by atoms with Gasteiger partial charge in [0, 0.05) is 6.42 Å². The van der Waals surface area contributed by atoms with Crippen molar-refractivity contribution >= 4 is 5.71 Å².